The molecule has 2 heteroatoms. The van der Waals surface area contributed by atoms with E-state index in [1.54, 1.807) is 18.3 Å². The first-order valence-corrected chi connectivity index (χ1v) is 8.71. The van der Waals surface area contributed by atoms with Crippen molar-refractivity contribution in [1.82, 2.24) is 0 Å². The Bertz CT molecular complexity index is 631. The van der Waals surface area contributed by atoms with Crippen molar-refractivity contribution in [2.45, 2.75) is 58.0 Å². The van der Waals surface area contributed by atoms with E-state index in [0.29, 0.717) is 5.92 Å². The van der Waals surface area contributed by atoms with E-state index in [0.717, 1.165) is 31.4 Å². The molecular weight excluding hydrogens is 272 g/mol. The second kappa shape index (κ2) is 5.13. The van der Waals surface area contributed by atoms with Gasteiger partial charge in [0.25, 0.3) is 0 Å². The van der Waals surface area contributed by atoms with Gasteiger partial charge in [-0.3, -0.25) is 0 Å². The Kier molecular flexibility index (Phi) is 3.34. The molecule has 1 aromatic carbocycles. The largest absolute Gasteiger partial charge is 0.497 e. The van der Waals surface area contributed by atoms with Gasteiger partial charge in [0.2, 0.25) is 0 Å². The number of ether oxygens (including phenoxy) is 1. The summed E-state index contributed by atoms with van der Waals surface area (Å²) >= 11 is 0. The minimum atomic E-state index is -0.113. The molecule has 3 atom stereocenters. The number of rotatable bonds is 1. The molecular formula is C20H26O2. The smallest absolute Gasteiger partial charge is 0.119 e. The van der Waals surface area contributed by atoms with Crippen LogP contribution in [-0.4, -0.2) is 18.3 Å². The lowest BCUT2D eigenvalue weighted by Crippen LogP contribution is -2.46. The number of hydrogen-bond acceptors (Lipinski definition) is 2. The zero-order chi connectivity index (χ0) is 15.3. The molecule has 1 fully saturated rings. The first-order valence-electron chi connectivity index (χ1n) is 8.71. The highest BCUT2D eigenvalue weighted by atomic mass is 16.5. The minimum absolute atomic E-state index is 0.112. The lowest BCUT2D eigenvalue weighted by molar-refractivity contribution is -0.0393. The molecule has 0 saturated heterocycles. The van der Waals surface area contributed by atoms with Crippen LogP contribution in [-0.2, 0) is 6.42 Å². The van der Waals surface area contributed by atoms with Gasteiger partial charge in [-0.25, -0.2) is 0 Å². The highest BCUT2D eigenvalue weighted by molar-refractivity contribution is 5.75. The molecule has 118 valence electrons. The molecule has 0 amide bonds. The van der Waals surface area contributed by atoms with Gasteiger partial charge in [-0.15, -0.1) is 0 Å². The number of methoxy groups -OCH3 is 1. The maximum absolute atomic E-state index is 10.6. The SMILES string of the molecule is COc1ccc2c(c1)CCC1=C2CCC2(C)C(O)CCCC12. The van der Waals surface area contributed by atoms with E-state index in [2.05, 4.69) is 25.1 Å². The Hall–Kier alpha value is -1.28. The molecule has 4 rings (SSSR count). The van der Waals surface area contributed by atoms with Crippen molar-refractivity contribution in [2.75, 3.05) is 7.11 Å². The Morgan fingerprint density at radius 2 is 2.05 bits per heavy atom. The lowest BCUT2D eigenvalue weighted by atomic mass is 9.55. The molecule has 22 heavy (non-hydrogen) atoms. The maximum atomic E-state index is 10.6. The molecule has 3 unspecified atom stereocenters. The lowest BCUT2D eigenvalue weighted by Gasteiger charge is -2.51. The third-order valence-corrected chi connectivity index (χ3v) is 6.55. The predicted molar refractivity (Wildman–Crippen MR) is 88.9 cm³/mol. The van der Waals surface area contributed by atoms with Crippen molar-refractivity contribution in [3.05, 3.63) is 34.9 Å². The van der Waals surface area contributed by atoms with Gasteiger partial charge >= 0.3 is 0 Å². The van der Waals surface area contributed by atoms with Crippen molar-refractivity contribution >= 4 is 5.57 Å². The van der Waals surface area contributed by atoms with Gasteiger partial charge in [-0.1, -0.05) is 25.0 Å². The average molecular weight is 298 g/mol. The highest BCUT2D eigenvalue weighted by Crippen LogP contribution is 2.56. The van der Waals surface area contributed by atoms with Crippen LogP contribution in [0.15, 0.2) is 23.8 Å². The summed E-state index contributed by atoms with van der Waals surface area (Å²) in [7, 11) is 1.74. The number of allylic oxidation sites excluding steroid dienone is 2. The second-order valence-electron chi connectivity index (χ2n) is 7.53. The standard InChI is InChI=1S/C20H26O2/c1-20-11-10-16-15-9-7-14(22-2)12-13(15)6-8-17(16)18(20)4-3-5-19(20)21/h7,9,12,18-19,21H,3-6,8,10-11H2,1-2H3. The van der Waals surface area contributed by atoms with E-state index in [9.17, 15) is 5.11 Å². The Morgan fingerprint density at radius 3 is 2.86 bits per heavy atom. The minimum Gasteiger partial charge on any atom is -0.497 e. The van der Waals surface area contributed by atoms with Gasteiger partial charge in [0.05, 0.1) is 13.2 Å². The summed E-state index contributed by atoms with van der Waals surface area (Å²) in [5.41, 5.74) is 6.24. The number of fused-ring (bicyclic) bond motifs is 4. The van der Waals surface area contributed by atoms with Crippen LogP contribution in [0.2, 0.25) is 0 Å². The summed E-state index contributed by atoms with van der Waals surface area (Å²) in [6.45, 7) is 2.33. The number of hydrogen-bond donors (Lipinski definition) is 1. The molecule has 0 aliphatic heterocycles. The van der Waals surface area contributed by atoms with Crippen LogP contribution in [0.1, 0.15) is 56.6 Å². The molecule has 0 bridgehead atoms. The van der Waals surface area contributed by atoms with Crippen LogP contribution in [0.25, 0.3) is 5.57 Å². The van der Waals surface area contributed by atoms with Crippen LogP contribution in [0.3, 0.4) is 0 Å². The molecule has 2 nitrogen and oxygen atoms in total. The fraction of sp³-hybridized carbons (Fsp3) is 0.600. The first-order chi connectivity index (χ1) is 10.6. The van der Waals surface area contributed by atoms with Crippen molar-refractivity contribution in [3.63, 3.8) is 0 Å². The summed E-state index contributed by atoms with van der Waals surface area (Å²) in [6.07, 6.45) is 7.85. The number of benzene rings is 1. The van der Waals surface area contributed by atoms with Gasteiger partial charge in [0, 0.05) is 5.41 Å². The molecule has 1 aromatic rings. The fourth-order valence-electron chi connectivity index (χ4n) is 5.19. The summed E-state index contributed by atoms with van der Waals surface area (Å²) in [5.74, 6) is 1.56. The van der Waals surface area contributed by atoms with Gasteiger partial charge in [0.1, 0.15) is 5.75 Å². The van der Waals surface area contributed by atoms with Gasteiger partial charge < -0.3 is 9.84 Å². The Morgan fingerprint density at radius 1 is 1.18 bits per heavy atom. The first kappa shape index (κ1) is 14.3. The van der Waals surface area contributed by atoms with E-state index in [4.69, 9.17) is 4.74 Å². The molecule has 0 spiro atoms. The number of aliphatic hydroxyl groups excluding tert-OH is 1. The maximum Gasteiger partial charge on any atom is 0.119 e. The molecule has 1 N–H and O–H groups in total. The van der Waals surface area contributed by atoms with Crippen molar-refractivity contribution in [1.29, 1.82) is 0 Å². The Labute approximate surface area is 133 Å². The number of aliphatic hydroxyl groups is 1. The summed E-state index contributed by atoms with van der Waals surface area (Å²) in [6, 6.07) is 6.56. The Balaban J connectivity index is 1.78. The van der Waals surface area contributed by atoms with Crippen LogP contribution in [0.4, 0.5) is 0 Å². The third kappa shape index (κ3) is 1.96. The van der Waals surface area contributed by atoms with Gasteiger partial charge in [-0.05, 0) is 73.3 Å². The molecule has 0 heterocycles. The molecule has 0 radical (unpaired) electrons. The van der Waals surface area contributed by atoms with E-state index < -0.39 is 0 Å². The van der Waals surface area contributed by atoms with Crippen molar-refractivity contribution in [2.24, 2.45) is 11.3 Å². The summed E-state index contributed by atoms with van der Waals surface area (Å²) in [5, 5.41) is 10.6. The third-order valence-electron chi connectivity index (χ3n) is 6.55. The van der Waals surface area contributed by atoms with Gasteiger partial charge in [-0.2, -0.15) is 0 Å². The summed E-state index contributed by atoms with van der Waals surface area (Å²) < 4.78 is 5.38. The molecule has 3 aliphatic rings. The fourth-order valence-corrected chi connectivity index (χ4v) is 5.19. The summed E-state index contributed by atoms with van der Waals surface area (Å²) in [4.78, 5) is 0. The van der Waals surface area contributed by atoms with E-state index >= 15 is 0 Å². The molecule has 1 saturated carbocycles. The van der Waals surface area contributed by atoms with Crippen molar-refractivity contribution in [3.8, 4) is 5.75 Å². The topological polar surface area (TPSA) is 29.5 Å². The zero-order valence-corrected chi connectivity index (χ0v) is 13.7. The van der Waals surface area contributed by atoms with E-state index in [-0.39, 0.29) is 11.5 Å². The monoisotopic (exact) mass is 298 g/mol. The molecule has 3 aliphatic carbocycles. The number of aryl methyl sites for hydroxylation is 1. The second-order valence-corrected chi connectivity index (χ2v) is 7.53. The van der Waals surface area contributed by atoms with Crippen LogP contribution in [0, 0.1) is 11.3 Å². The van der Waals surface area contributed by atoms with Crippen LogP contribution >= 0.6 is 0 Å². The van der Waals surface area contributed by atoms with E-state index in [1.807, 2.05) is 0 Å². The van der Waals surface area contributed by atoms with Crippen LogP contribution < -0.4 is 4.74 Å². The normalized spacial score (nSPS) is 33.8. The average Bonchev–Trinajstić information content (AvgIpc) is 2.55. The van der Waals surface area contributed by atoms with Crippen molar-refractivity contribution < 1.29 is 9.84 Å². The zero-order valence-electron chi connectivity index (χ0n) is 13.7. The van der Waals surface area contributed by atoms with E-state index in [1.165, 1.54) is 30.4 Å². The van der Waals surface area contributed by atoms with Gasteiger partial charge in [0.15, 0.2) is 0 Å². The predicted octanol–water partition coefficient (Wildman–Crippen LogP) is 4.36. The quantitative estimate of drug-likeness (QED) is 0.835. The van der Waals surface area contributed by atoms with Crippen LogP contribution in [0.5, 0.6) is 5.75 Å². The molecule has 0 aromatic heterocycles. The highest BCUT2D eigenvalue weighted by Gasteiger charge is 2.48.